The third-order valence-electron chi connectivity index (χ3n) is 5.69. The number of aliphatic hydroxyl groups is 1. The third kappa shape index (κ3) is 18.9. The standard InChI is InChI=1S/C30H50O/c1-24(2)14-11-17-28(7)20-12-18-26(5)15-9-10-16-27(6)19-13-21-29(8)22-23-30(31)25(3)4/h14-16,20-21,30-31H,3,9-13,17-19,22-23H2,1-2,4-8H3. The Morgan fingerprint density at radius 1 is 0.581 bits per heavy atom. The van der Waals surface area contributed by atoms with Crippen LogP contribution in [0.2, 0.25) is 0 Å². The quantitative estimate of drug-likeness (QED) is 0.192. The molecule has 0 amide bonds. The first kappa shape index (κ1) is 29.4. The molecule has 0 saturated carbocycles. The molecule has 1 atom stereocenters. The topological polar surface area (TPSA) is 20.2 Å². The van der Waals surface area contributed by atoms with E-state index in [-0.39, 0.29) is 6.10 Å². The van der Waals surface area contributed by atoms with Crippen LogP contribution >= 0.6 is 0 Å². The molecule has 0 aromatic heterocycles. The minimum absolute atomic E-state index is 0.367. The van der Waals surface area contributed by atoms with Gasteiger partial charge in [-0.2, -0.15) is 0 Å². The fourth-order valence-electron chi connectivity index (χ4n) is 3.36. The second-order valence-electron chi connectivity index (χ2n) is 9.58. The molecular weight excluding hydrogens is 376 g/mol. The molecule has 0 aromatic rings. The highest BCUT2D eigenvalue weighted by Gasteiger charge is 2.04. The van der Waals surface area contributed by atoms with Crippen LogP contribution in [0.15, 0.2) is 70.4 Å². The van der Waals surface area contributed by atoms with E-state index in [0.717, 1.165) is 50.5 Å². The van der Waals surface area contributed by atoms with Crippen LogP contribution in [0.3, 0.4) is 0 Å². The number of allylic oxidation sites excluding steroid dienone is 10. The summed E-state index contributed by atoms with van der Waals surface area (Å²) in [6.07, 6.45) is 22.4. The molecule has 0 spiro atoms. The van der Waals surface area contributed by atoms with Crippen molar-refractivity contribution >= 4 is 0 Å². The molecule has 0 fully saturated rings. The van der Waals surface area contributed by atoms with Gasteiger partial charge >= 0.3 is 0 Å². The van der Waals surface area contributed by atoms with Gasteiger partial charge in [0, 0.05) is 0 Å². The van der Waals surface area contributed by atoms with Crippen LogP contribution in [0.5, 0.6) is 0 Å². The van der Waals surface area contributed by atoms with Crippen molar-refractivity contribution in [1.82, 2.24) is 0 Å². The van der Waals surface area contributed by atoms with Gasteiger partial charge in [-0.15, -0.1) is 0 Å². The SMILES string of the molecule is C=C(C)C(O)CCC(C)=CCCC(C)=CCCC=C(C)CCC=C(C)CCC=C(C)C. The summed E-state index contributed by atoms with van der Waals surface area (Å²) in [6.45, 7) is 19.0. The van der Waals surface area contributed by atoms with Gasteiger partial charge in [0.2, 0.25) is 0 Å². The van der Waals surface area contributed by atoms with Crippen molar-refractivity contribution in [3.8, 4) is 0 Å². The van der Waals surface area contributed by atoms with E-state index < -0.39 is 0 Å². The molecule has 0 rings (SSSR count). The largest absolute Gasteiger partial charge is 0.389 e. The van der Waals surface area contributed by atoms with E-state index in [0.29, 0.717) is 0 Å². The van der Waals surface area contributed by atoms with Gasteiger partial charge in [-0.3, -0.25) is 0 Å². The maximum atomic E-state index is 9.82. The first-order chi connectivity index (χ1) is 14.6. The average Bonchev–Trinajstić information content (AvgIpc) is 2.69. The normalized spacial score (nSPS) is 14.6. The minimum Gasteiger partial charge on any atom is -0.389 e. The van der Waals surface area contributed by atoms with E-state index in [1.54, 1.807) is 0 Å². The Labute approximate surface area is 194 Å². The predicted molar refractivity (Wildman–Crippen MR) is 141 cm³/mol. The van der Waals surface area contributed by atoms with Gasteiger partial charge in [0.15, 0.2) is 0 Å². The minimum atomic E-state index is -0.367. The molecule has 0 bridgehead atoms. The lowest BCUT2D eigenvalue weighted by Gasteiger charge is -2.09. The second kappa shape index (κ2) is 18.0. The highest BCUT2D eigenvalue weighted by molar-refractivity contribution is 5.08. The maximum Gasteiger partial charge on any atom is 0.0747 e. The Kier molecular flexibility index (Phi) is 17.1. The molecule has 0 heterocycles. The fraction of sp³-hybridized carbons (Fsp3) is 0.600. The zero-order valence-corrected chi connectivity index (χ0v) is 21.7. The molecule has 1 N–H and O–H groups in total. The van der Waals surface area contributed by atoms with Crippen LogP contribution in [0.1, 0.15) is 113 Å². The van der Waals surface area contributed by atoms with E-state index in [1.165, 1.54) is 47.1 Å². The monoisotopic (exact) mass is 426 g/mol. The summed E-state index contributed by atoms with van der Waals surface area (Å²) in [4.78, 5) is 0. The summed E-state index contributed by atoms with van der Waals surface area (Å²) >= 11 is 0. The highest BCUT2D eigenvalue weighted by atomic mass is 16.3. The molecule has 31 heavy (non-hydrogen) atoms. The van der Waals surface area contributed by atoms with Gasteiger partial charge in [-0.25, -0.2) is 0 Å². The van der Waals surface area contributed by atoms with Crippen molar-refractivity contribution in [1.29, 1.82) is 0 Å². The van der Waals surface area contributed by atoms with E-state index in [2.05, 4.69) is 78.5 Å². The number of hydrogen-bond donors (Lipinski definition) is 1. The zero-order valence-electron chi connectivity index (χ0n) is 21.7. The lowest BCUT2D eigenvalue weighted by Crippen LogP contribution is -2.06. The second-order valence-corrected chi connectivity index (χ2v) is 9.58. The Balaban J connectivity index is 4.08. The summed E-state index contributed by atoms with van der Waals surface area (Å²) in [5.41, 5.74) is 8.14. The predicted octanol–water partition coefficient (Wildman–Crippen LogP) is 9.58. The van der Waals surface area contributed by atoms with Crippen molar-refractivity contribution in [3.63, 3.8) is 0 Å². The molecule has 0 aliphatic rings. The van der Waals surface area contributed by atoms with E-state index in [9.17, 15) is 5.11 Å². The van der Waals surface area contributed by atoms with Crippen molar-refractivity contribution in [3.05, 3.63) is 70.4 Å². The number of unbranched alkanes of at least 4 members (excludes halogenated alkanes) is 1. The van der Waals surface area contributed by atoms with Gasteiger partial charge in [0.1, 0.15) is 0 Å². The highest BCUT2D eigenvalue weighted by Crippen LogP contribution is 2.15. The molecule has 1 heteroatoms. The number of hydrogen-bond acceptors (Lipinski definition) is 1. The van der Waals surface area contributed by atoms with E-state index in [4.69, 9.17) is 0 Å². The van der Waals surface area contributed by atoms with Gasteiger partial charge in [-0.1, -0.05) is 70.4 Å². The van der Waals surface area contributed by atoms with Crippen molar-refractivity contribution in [2.45, 2.75) is 119 Å². The van der Waals surface area contributed by atoms with Crippen molar-refractivity contribution in [2.24, 2.45) is 0 Å². The maximum absolute atomic E-state index is 9.82. The fourth-order valence-corrected chi connectivity index (χ4v) is 3.36. The van der Waals surface area contributed by atoms with E-state index in [1.807, 2.05) is 6.92 Å². The molecule has 0 saturated heterocycles. The molecule has 1 nitrogen and oxygen atoms in total. The number of aliphatic hydroxyl groups excluding tert-OH is 1. The first-order valence-electron chi connectivity index (χ1n) is 12.2. The van der Waals surface area contributed by atoms with Gasteiger partial charge in [0.25, 0.3) is 0 Å². The Morgan fingerprint density at radius 2 is 0.935 bits per heavy atom. The smallest absolute Gasteiger partial charge is 0.0747 e. The molecule has 176 valence electrons. The molecule has 0 aromatic carbocycles. The Morgan fingerprint density at radius 3 is 1.32 bits per heavy atom. The Bertz CT molecular complexity index is 663. The molecular formula is C30H50O. The first-order valence-corrected chi connectivity index (χ1v) is 12.2. The summed E-state index contributed by atoms with van der Waals surface area (Å²) in [7, 11) is 0. The van der Waals surface area contributed by atoms with Crippen molar-refractivity contribution in [2.75, 3.05) is 0 Å². The molecule has 0 aliphatic heterocycles. The van der Waals surface area contributed by atoms with Crippen LogP contribution < -0.4 is 0 Å². The summed E-state index contributed by atoms with van der Waals surface area (Å²) in [6, 6.07) is 0. The van der Waals surface area contributed by atoms with Crippen LogP contribution in [0.4, 0.5) is 0 Å². The van der Waals surface area contributed by atoms with Crippen molar-refractivity contribution < 1.29 is 5.11 Å². The van der Waals surface area contributed by atoms with Crippen LogP contribution in [-0.4, -0.2) is 11.2 Å². The van der Waals surface area contributed by atoms with Gasteiger partial charge < -0.3 is 5.11 Å². The zero-order chi connectivity index (χ0) is 23.6. The summed E-state index contributed by atoms with van der Waals surface area (Å²) < 4.78 is 0. The Hall–Kier alpha value is -1.60. The van der Waals surface area contributed by atoms with E-state index >= 15 is 0 Å². The van der Waals surface area contributed by atoms with Gasteiger partial charge in [0.05, 0.1) is 6.10 Å². The third-order valence-corrected chi connectivity index (χ3v) is 5.69. The van der Waals surface area contributed by atoms with Crippen LogP contribution in [0, 0.1) is 0 Å². The van der Waals surface area contributed by atoms with Crippen LogP contribution in [-0.2, 0) is 0 Å². The lowest BCUT2D eigenvalue weighted by atomic mass is 10.0. The van der Waals surface area contributed by atoms with Crippen LogP contribution in [0.25, 0.3) is 0 Å². The summed E-state index contributed by atoms with van der Waals surface area (Å²) in [5.74, 6) is 0. The lowest BCUT2D eigenvalue weighted by molar-refractivity contribution is 0.201. The molecule has 0 radical (unpaired) electrons. The molecule has 0 aliphatic carbocycles. The molecule has 1 unspecified atom stereocenters. The number of rotatable bonds is 16. The summed E-state index contributed by atoms with van der Waals surface area (Å²) in [5, 5.41) is 9.82. The van der Waals surface area contributed by atoms with Gasteiger partial charge in [-0.05, 0) is 113 Å². The average molecular weight is 427 g/mol.